The molecule has 3 nitrogen and oxygen atoms in total. The molecule has 0 aliphatic heterocycles. The smallest absolute Gasteiger partial charge is 0.168 e. The number of hydrogen-bond acceptors (Lipinski definition) is 2. The number of hydrogen-bond donors (Lipinski definition) is 3. The SMILES string of the molecule is Cc1cc(O)c(NC(N)=S)c(C)c1C. The summed E-state index contributed by atoms with van der Waals surface area (Å²) in [5.41, 5.74) is 9.10. The lowest BCUT2D eigenvalue weighted by molar-refractivity contribution is 0.477. The van der Waals surface area contributed by atoms with Crippen molar-refractivity contribution < 1.29 is 5.11 Å². The highest BCUT2D eigenvalue weighted by molar-refractivity contribution is 7.80. The third-order valence-electron chi connectivity index (χ3n) is 2.39. The van der Waals surface area contributed by atoms with Crippen LogP contribution >= 0.6 is 12.2 Å². The van der Waals surface area contributed by atoms with Crippen molar-refractivity contribution in [1.29, 1.82) is 0 Å². The summed E-state index contributed by atoms with van der Waals surface area (Å²) < 4.78 is 0. The second-order valence-corrected chi connectivity index (χ2v) is 3.77. The molecule has 4 heteroatoms. The van der Waals surface area contributed by atoms with Gasteiger partial charge in [-0.15, -0.1) is 0 Å². The van der Waals surface area contributed by atoms with E-state index in [9.17, 15) is 5.11 Å². The summed E-state index contributed by atoms with van der Waals surface area (Å²) >= 11 is 4.73. The van der Waals surface area contributed by atoms with Crippen LogP contribution in [0, 0.1) is 20.8 Å². The van der Waals surface area contributed by atoms with Crippen LogP contribution in [0.4, 0.5) is 5.69 Å². The molecule has 0 aliphatic rings. The van der Waals surface area contributed by atoms with Crippen LogP contribution in [0.3, 0.4) is 0 Å². The van der Waals surface area contributed by atoms with E-state index in [0.717, 1.165) is 16.7 Å². The predicted molar refractivity (Wildman–Crippen MR) is 62.7 cm³/mol. The Labute approximate surface area is 88.9 Å². The zero-order chi connectivity index (χ0) is 10.9. The Morgan fingerprint density at radius 3 is 2.43 bits per heavy atom. The van der Waals surface area contributed by atoms with Gasteiger partial charge >= 0.3 is 0 Å². The highest BCUT2D eigenvalue weighted by atomic mass is 32.1. The molecule has 0 fully saturated rings. The summed E-state index contributed by atoms with van der Waals surface area (Å²) in [6.07, 6.45) is 0. The minimum absolute atomic E-state index is 0.159. The molecule has 0 spiro atoms. The Balaban J connectivity index is 3.29. The maximum absolute atomic E-state index is 9.67. The number of nitrogens with one attached hydrogen (secondary N) is 1. The molecule has 0 bridgehead atoms. The average molecular weight is 210 g/mol. The monoisotopic (exact) mass is 210 g/mol. The van der Waals surface area contributed by atoms with Gasteiger partial charge in [-0.1, -0.05) is 0 Å². The summed E-state index contributed by atoms with van der Waals surface area (Å²) in [7, 11) is 0. The molecule has 0 amide bonds. The van der Waals surface area contributed by atoms with Gasteiger partial charge < -0.3 is 16.2 Å². The van der Waals surface area contributed by atoms with E-state index in [1.165, 1.54) is 0 Å². The summed E-state index contributed by atoms with van der Waals surface area (Å²) in [4.78, 5) is 0. The second kappa shape index (κ2) is 3.84. The van der Waals surface area contributed by atoms with Crippen LogP contribution in [0.2, 0.25) is 0 Å². The van der Waals surface area contributed by atoms with E-state index in [0.29, 0.717) is 5.69 Å². The number of nitrogens with two attached hydrogens (primary N) is 1. The molecular weight excluding hydrogens is 196 g/mol. The Kier molecular flexibility index (Phi) is 2.96. The third-order valence-corrected chi connectivity index (χ3v) is 2.49. The van der Waals surface area contributed by atoms with Crippen molar-refractivity contribution in [1.82, 2.24) is 0 Å². The van der Waals surface area contributed by atoms with E-state index in [2.05, 4.69) is 5.32 Å². The number of thiocarbonyl (C=S) groups is 1. The zero-order valence-electron chi connectivity index (χ0n) is 8.51. The van der Waals surface area contributed by atoms with Crippen molar-refractivity contribution in [2.45, 2.75) is 20.8 Å². The molecule has 0 atom stereocenters. The molecule has 0 heterocycles. The molecule has 0 aliphatic carbocycles. The van der Waals surface area contributed by atoms with Crippen molar-refractivity contribution >= 4 is 23.0 Å². The van der Waals surface area contributed by atoms with Crippen LogP contribution in [0.25, 0.3) is 0 Å². The minimum atomic E-state index is 0.159. The molecular formula is C10H14N2OS. The van der Waals surface area contributed by atoms with E-state index < -0.39 is 0 Å². The minimum Gasteiger partial charge on any atom is -0.506 e. The lowest BCUT2D eigenvalue weighted by Gasteiger charge is -2.14. The fourth-order valence-corrected chi connectivity index (χ4v) is 1.44. The van der Waals surface area contributed by atoms with Crippen LogP contribution < -0.4 is 11.1 Å². The molecule has 0 radical (unpaired) electrons. The summed E-state index contributed by atoms with van der Waals surface area (Å²) in [5, 5.41) is 12.6. The zero-order valence-corrected chi connectivity index (χ0v) is 9.33. The van der Waals surface area contributed by atoms with Crippen LogP contribution in [-0.4, -0.2) is 10.2 Å². The van der Waals surface area contributed by atoms with E-state index in [-0.39, 0.29) is 10.9 Å². The Morgan fingerprint density at radius 2 is 1.93 bits per heavy atom. The fraction of sp³-hybridized carbons (Fsp3) is 0.300. The molecule has 1 aromatic carbocycles. The van der Waals surface area contributed by atoms with Gasteiger partial charge in [-0.3, -0.25) is 0 Å². The van der Waals surface area contributed by atoms with Gasteiger partial charge in [-0.2, -0.15) is 0 Å². The van der Waals surface area contributed by atoms with E-state index in [1.807, 2.05) is 20.8 Å². The molecule has 0 saturated carbocycles. The number of phenolic OH excluding ortho intramolecular Hbond substituents is 1. The standard InChI is InChI=1S/C10H14N2OS/c1-5-4-8(13)9(12-10(11)14)7(3)6(5)2/h4,13H,1-3H3,(H3,11,12,14). The lowest BCUT2D eigenvalue weighted by atomic mass is 10.0. The summed E-state index contributed by atoms with van der Waals surface area (Å²) in [5.74, 6) is 0.179. The first-order valence-electron chi connectivity index (χ1n) is 4.29. The number of aromatic hydroxyl groups is 1. The van der Waals surface area contributed by atoms with E-state index >= 15 is 0 Å². The van der Waals surface area contributed by atoms with Gasteiger partial charge in [-0.25, -0.2) is 0 Å². The maximum Gasteiger partial charge on any atom is 0.168 e. The van der Waals surface area contributed by atoms with E-state index in [4.69, 9.17) is 18.0 Å². The Bertz CT molecular complexity index is 388. The molecule has 1 rings (SSSR count). The second-order valence-electron chi connectivity index (χ2n) is 3.33. The van der Waals surface area contributed by atoms with Gasteiger partial charge in [0.15, 0.2) is 5.11 Å². The summed E-state index contributed by atoms with van der Waals surface area (Å²) in [6, 6.07) is 1.70. The fourth-order valence-electron chi connectivity index (χ4n) is 1.34. The highest BCUT2D eigenvalue weighted by Crippen LogP contribution is 2.31. The topological polar surface area (TPSA) is 58.3 Å². The van der Waals surface area contributed by atoms with Gasteiger partial charge in [0, 0.05) is 0 Å². The van der Waals surface area contributed by atoms with Crippen molar-refractivity contribution in [3.8, 4) is 5.75 Å². The van der Waals surface area contributed by atoms with Crippen LogP contribution in [-0.2, 0) is 0 Å². The van der Waals surface area contributed by atoms with Crippen molar-refractivity contribution in [2.24, 2.45) is 5.73 Å². The van der Waals surface area contributed by atoms with Gasteiger partial charge in [0.1, 0.15) is 5.75 Å². The molecule has 1 aromatic rings. The van der Waals surface area contributed by atoms with E-state index in [1.54, 1.807) is 6.07 Å². The van der Waals surface area contributed by atoms with Crippen molar-refractivity contribution in [2.75, 3.05) is 5.32 Å². The number of phenols is 1. The van der Waals surface area contributed by atoms with Crippen LogP contribution in [0.15, 0.2) is 6.07 Å². The normalized spacial score (nSPS) is 9.93. The van der Waals surface area contributed by atoms with Crippen molar-refractivity contribution in [3.05, 3.63) is 22.8 Å². The van der Waals surface area contributed by atoms with Gasteiger partial charge in [0.2, 0.25) is 0 Å². The predicted octanol–water partition coefficient (Wildman–Crippen LogP) is 1.97. The number of rotatable bonds is 1. The van der Waals surface area contributed by atoms with Gasteiger partial charge in [-0.05, 0) is 55.7 Å². The van der Waals surface area contributed by atoms with Gasteiger partial charge in [0.25, 0.3) is 0 Å². The molecule has 0 unspecified atom stereocenters. The molecule has 0 saturated heterocycles. The maximum atomic E-state index is 9.67. The first-order chi connectivity index (χ1) is 6.43. The molecule has 0 aromatic heterocycles. The molecule has 14 heavy (non-hydrogen) atoms. The Hall–Kier alpha value is -1.29. The highest BCUT2D eigenvalue weighted by Gasteiger charge is 2.09. The van der Waals surface area contributed by atoms with Gasteiger partial charge in [0.05, 0.1) is 5.69 Å². The number of aryl methyl sites for hydroxylation is 1. The largest absolute Gasteiger partial charge is 0.506 e. The Morgan fingerprint density at radius 1 is 1.36 bits per heavy atom. The molecule has 4 N–H and O–H groups in total. The molecule has 76 valence electrons. The van der Waals surface area contributed by atoms with Crippen molar-refractivity contribution in [3.63, 3.8) is 0 Å². The first kappa shape index (κ1) is 10.8. The summed E-state index contributed by atoms with van der Waals surface area (Å²) in [6.45, 7) is 5.87. The lowest BCUT2D eigenvalue weighted by Crippen LogP contribution is -2.19. The average Bonchev–Trinajstić information content (AvgIpc) is 2.09. The van der Waals surface area contributed by atoms with Crippen LogP contribution in [0.5, 0.6) is 5.75 Å². The quantitative estimate of drug-likeness (QED) is 0.490. The number of anilines is 1. The number of benzene rings is 1. The van der Waals surface area contributed by atoms with Crippen LogP contribution in [0.1, 0.15) is 16.7 Å². The third kappa shape index (κ3) is 1.96. The first-order valence-corrected chi connectivity index (χ1v) is 4.70.